The lowest BCUT2D eigenvalue weighted by Gasteiger charge is -2.08. The van der Waals surface area contributed by atoms with Crippen molar-refractivity contribution in [3.63, 3.8) is 0 Å². The maximum Gasteiger partial charge on any atom is 0.255 e. The number of hydrogen-bond acceptors (Lipinski definition) is 3. The van der Waals surface area contributed by atoms with Crippen LogP contribution < -0.4 is 10.6 Å². The van der Waals surface area contributed by atoms with E-state index in [0.717, 1.165) is 12.8 Å². The molecule has 0 aliphatic heterocycles. The molecule has 0 fully saturated rings. The third-order valence-electron chi connectivity index (χ3n) is 6.51. The van der Waals surface area contributed by atoms with Crippen molar-refractivity contribution in [2.24, 2.45) is 0 Å². The Hall–Kier alpha value is -3.08. The fourth-order valence-corrected chi connectivity index (χ4v) is 4.20. The number of carbonyl (C=O) groups excluding carboxylic acids is 2. The summed E-state index contributed by atoms with van der Waals surface area (Å²) >= 11 is 0. The summed E-state index contributed by atoms with van der Waals surface area (Å²) in [5.41, 5.74) is 1.64. The molecule has 0 radical (unpaired) electrons. The van der Waals surface area contributed by atoms with Crippen LogP contribution >= 0.6 is 0 Å². The second-order valence-electron chi connectivity index (χ2n) is 9.77. The zero-order chi connectivity index (χ0) is 26.6. The quantitative estimate of drug-likeness (QED) is 0.132. The Kier molecular flexibility index (Phi) is 15.6. The van der Waals surface area contributed by atoms with Crippen LogP contribution in [0.2, 0.25) is 0 Å². The molecule has 0 aliphatic carbocycles. The van der Waals surface area contributed by atoms with Crippen LogP contribution in [0.3, 0.4) is 0 Å². The first-order chi connectivity index (χ1) is 18.1. The fourth-order valence-electron chi connectivity index (χ4n) is 4.20. The molecule has 2 aromatic rings. The van der Waals surface area contributed by atoms with Crippen LogP contribution in [0, 0.1) is 0 Å². The fraction of sp³-hybridized carbons (Fsp3) is 0.500. The summed E-state index contributed by atoms with van der Waals surface area (Å²) in [6.45, 7) is 2.94. The molecule has 0 aliphatic rings. The van der Waals surface area contributed by atoms with Gasteiger partial charge >= 0.3 is 0 Å². The monoisotopic (exact) mass is 506 g/mol. The standard InChI is InChI=1S/C32H46N2O3/c1-2-3-4-5-6-7-8-9-10-11-12-13-14-15-16-17-26-33-31(36)27-18-22-29(23-19-27)34-32(37)28-20-24-30(35)25-21-28/h10-11,18-25,35H,2-9,12-17,26H2,1H3,(H,33,36)(H,34,37)/b11-10+. The molecule has 0 saturated heterocycles. The number of phenolic OH excluding ortho intramolecular Hbond substituents is 1. The Morgan fingerprint density at radius 1 is 0.649 bits per heavy atom. The zero-order valence-electron chi connectivity index (χ0n) is 22.6. The van der Waals surface area contributed by atoms with Crippen LogP contribution in [-0.4, -0.2) is 23.5 Å². The smallest absolute Gasteiger partial charge is 0.255 e. The molecule has 0 aromatic heterocycles. The summed E-state index contributed by atoms with van der Waals surface area (Å²) < 4.78 is 0. The van der Waals surface area contributed by atoms with E-state index >= 15 is 0 Å². The van der Waals surface area contributed by atoms with Crippen LogP contribution in [0.1, 0.15) is 118 Å². The van der Waals surface area contributed by atoms with Crippen molar-refractivity contribution in [3.05, 3.63) is 71.8 Å². The summed E-state index contributed by atoms with van der Waals surface area (Å²) in [4.78, 5) is 24.6. The molecule has 2 rings (SSSR count). The lowest BCUT2D eigenvalue weighted by molar-refractivity contribution is 0.0952. The average molecular weight is 507 g/mol. The number of allylic oxidation sites excluding steroid dienone is 2. The molecule has 0 unspecified atom stereocenters. The summed E-state index contributed by atoms with van der Waals surface area (Å²) in [5.74, 6) is -0.247. The maximum atomic E-state index is 12.4. The number of anilines is 1. The molecule has 2 aromatic carbocycles. The van der Waals surface area contributed by atoms with E-state index in [4.69, 9.17) is 0 Å². The highest BCUT2D eigenvalue weighted by Gasteiger charge is 2.08. The van der Waals surface area contributed by atoms with Crippen molar-refractivity contribution in [3.8, 4) is 5.75 Å². The molecule has 5 heteroatoms. The van der Waals surface area contributed by atoms with E-state index in [2.05, 4.69) is 29.7 Å². The molecule has 3 N–H and O–H groups in total. The summed E-state index contributed by atoms with van der Waals surface area (Å²) in [5, 5.41) is 15.1. The molecule has 37 heavy (non-hydrogen) atoms. The van der Waals surface area contributed by atoms with Crippen LogP contribution in [0.5, 0.6) is 5.75 Å². The van der Waals surface area contributed by atoms with Gasteiger partial charge < -0.3 is 15.7 Å². The van der Waals surface area contributed by atoms with E-state index in [1.54, 1.807) is 36.4 Å². The van der Waals surface area contributed by atoms with E-state index in [0.29, 0.717) is 23.4 Å². The highest BCUT2D eigenvalue weighted by atomic mass is 16.3. The van der Waals surface area contributed by atoms with Crippen molar-refractivity contribution in [1.29, 1.82) is 0 Å². The van der Waals surface area contributed by atoms with E-state index in [9.17, 15) is 14.7 Å². The SMILES string of the molecule is CCCCCCCCC/C=C/CCCCCCCNC(=O)c1ccc(NC(=O)c2ccc(O)cc2)cc1. The number of nitrogens with one attached hydrogen (secondary N) is 2. The van der Waals surface area contributed by atoms with Gasteiger partial charge in [-0.15, -0.1) is 0 Å². The predicted octanol–water partition coefficient (Wildman–Crippen LogP) is 8.41. The van der Waals surface area contributed by atoms with Gasteiger partial charge in [-0.25, -0.2) is 0 Å². The van der Waals surface area contributed by atoms with Crippen LogP contribution in [0.4, 0.5) is 5.69 Å². The second-order valence-corrected chi connectivity index (χ2v) is 9.77. The zero-order valence-corrected chi connectivity index (χ0v) is 22.6. The highest BCUT2D eigenvalue weighted by molar-refractivity contribution is 6.04. The highest BCUT2D eigenvalue weighted by Crippen LogP contribution is 2.14. The number of carbonyl (C=O) groups is 2. The predicted molar refractivity (Wildman–Crippen MR) is 154 cm³/mol. The molecule has 0 atom stereocenters. The lowest BCUT2D eigenvalue weighted by atomic mass is 10.1. The van der Waals surface area contributed by atoms with Crippen molar-refractivity contribution in [2.75, 3.05) is 11.9 Å². The van der Waals surface area contributed by atoms with Gasteiger partial charge in [-0.3, -0.25) is 9.59 Å². The number of benzene rings is 2. The first-order valence-corrected chi connectivity index (χ1v) is 14.2. The Morgan fingerprint density at radius 3 is 1.73 bits per heavy atom. The second kappa shape index (κ2) is 19.1. The Morgan fingerprint density at radius 2 is 1.14 bits per heavy atom. The molecule has 0 saturated carbocycles. The molecule has 202 valence electrons. The Bertz CT molecular complexity index is 920. The first-order valence-electron chi connectivity index (χ1n) is 14.2. The van der Waals surface area contributed by atoms with E-state index in [1.165, 1.54) is 89.2 Å². The molecule has 0 heterocycles. The number of aromatic hydroxyl groups is 1. The van der Waals surface area contributed by atoms with Crippen LogP contribution in [0.25, 0.3) is 0 Å². The van der Waals surface area contributed by atoms with Gasteiger partial charge in [-0.05, 0) is 80.6 Å². The van der Waals surface area contributed by atoms with Gasteiger partial charge in [0, 0.05) is 23.4 Å². The minimum atomic E-state index is -0.267. The molecule has 5 nitrogen and oxygen atoms in total. The molecule has 2 amide bonds. The topological polar surface area (TPSA) is 78.4 Å². The summed E-state index contributed by atoms with van der Waals surface area (Å²) in [6, 6.07) is 12.9. The molecular formula is C32H46N2O3. The van der Waals surface area contributed by atoms with Gasteiger partial charge in [0.15, 0.2) is 0 Å². The number of rotatable bonds is 19. The van der Waals surface area contributed by atoms with Gasteiger partial charge in [0.1, 0.15) is 5.75 Å². The number of hydrogen-bond donors (Lipinski definition) is 3. The summed E-state index contributed by atoms with van der Waals surface area (Å²) in [6.07, 6.45) is 22.5. The number of unbranched alkanes of at least 4 members (excludes halogenated alkanes) is 12. The van der Waals surface area contributed by atoms with Crippen LogP contribution in [-0.2, 0) is 0 Å². The van der Waals surface area contributed by atoms with E-state index < -0.39 is 0 Å². The maximum absolute atomic E-state index is 12.4. The third kappa shape index (κ3) is 13.7. The minimum Gasteiger partial charge on any atom is -0.508 e. The first kappa shape index (κ1) is 30.1. The van der Waals surface area contributed by atoms with Crippen molar-refractivity contribution in [2.45, 2.75) is 96.8 Å². The number of amides is 2. The van der Waals surface area contributed by atoms with Gasteiger partial charge in [0.25, 0.3) is 11.8 Å². The van der Waals surface area contributed by atoms with Gasteiger partial charge in [-0.1, -0.05) is 76.9 Å². The summed E-state index contributed by atoms with van der Waals surface area (Å²) in [7, 11) is 0. The minimum absolute atomic E-state index is 0.0949. The average Bonchev–Trinajstić information content (AvgIpc) is 2.91. The number of phenols is 1. The largest absolute Gasteiger partial charge is 0.508 e. The van der Waals surface area contributed by atoms with Gasteiger partial charge in [0.2, 0.25) is 0 Å². The van der Waals surface area contributed by atoms with Gasteiger partial charge in [0.05, 0.1) is 0 Å². The molecular weight excluding hydrogens is 460 g/mol. The van der Waals surface area contributed by atoms with Crippen LogP contribution in [0.15, 0.2) is 60.7 Å². The Balaban J connectivity index is 1.47. The van der Waals surface area contributed by atoms with E-state index in [1.807, 2.05) is 0 Å². The van der Waals surface area contributed by atoms with E-state index in [-0.39, 0.29) is 17.6 Å². The van der Waals surface area contributed by atoms with Gasteiger partial charge in [-0.2, -0.15) is 0 Å². The van der Waals surface area contributed by atoms with Crippen molar-refractivity contribution in [1.82, 2.24) is 5.32 Å². The van der Waals surface area contributed by atoms with Crippen molar-refractivity contribution >= 4 is 17.5 Å². The Labute approximate surface area is 223 Å². The van der Waals surface area contributed by atoms with Crippen molar-refractivity contribution < 1.29 is 14.7 Å². The molecule has 0 spiro atoms. The normalized spacial score (nSPS) is 11.1. The lowest BCUT2D eigenvalue weighted by Crippen LogP contribution is -2.24. The third-order valence-corrected chi connectivity index (χ3v) is 6.51. The molecule has 0 bridgehead atoms.